The average molecular weight is 276 g/mol. The third-order valence-electron chi connectivity index (χ3n) is 3.20. The van der Waals surface area contributed by atoms with Crippen LogP contribution in [0.15, 0.2) is 29.1 Å². The Balaban J connectivity index is 2.62. The van der Waals surface area contributed by atoms with Gasteiger partial charge in [-0.25, -0.2) is 4.68 Å². The summed E-state index contributed by atoms with van der Waals surface area (Å²) in [6.45, 7) is 3.90. The summed E-state index contributed by atoms with van der Waals surface area (Å²) in [6, 6.07) is 5.78. The molecule has 1 aromatic heterocycles. The first-order chi connectivity index (χ1) is 9.34. The van der Waals surface area contributed by atoms with Crippen LogP contribution in [0.1, 0.15) is 25.5 Å². The summed E-state index contributed by atoms with van der Waals surface area (Å²) in [4.78, 5) is 22.4. The van der Waals surface area contributed by atoms with Crippen molar-refractivity contribution in [3.8, 4) is 5.69 Å². The Labute approximate surface area is 115 Å². The molecule has 0 unspecified atom stereocenters. The molecule has 2 rings (SSSR count). The number of aromatic nitrogens is 2. The lowest BCUT2D eigenvalue weighted by Crippen LogP contribution is -2.20. The molecule has 0 aliphatic rings. The minimum atomic E-state index is -0.481. The van der Waals surface area contributed by atoms with Gasteiger partial charge < -0.3 is 5.73 Å². The van der Waals surface area contributed by atoms with E-state index in [0.717, 1.165) is 5.69 Å². The van der Waals surface area contributed by atoms with Crippen molar-refractivity contribution in [3.63, 3.8) is 0 Å². The van der Waals surface area contributed by atoms with Crippen LogP contribution in [0.25, 0.3) is 5.69 Å². The largest absolute Gasteiger partial charge is 0.393 e. The highest BCUT2D eigenvalue weighted by Gasteiger charge is 2.19. The number of benzene rings is 1. The van der Waals surface area contributed by atoms with Crippen LogP contribution in [-0.4, -0.2) is 14.3 Å². The molecule has 7 nitrogen and oxygen atoms in total. The zero-order chi connectivity index (χ0) is 15.0. The molecule has 0 aliphatic carbocycles. The number of nitro benzene ring substituents is 1. The second-order valence-corrected chi connectivity index (χ2v) is 4.87. The van der Waals surface area contributed by atoms with E-state index in [4.69, 9.17) is 5.73 Å². The summed E-state index contributed by atoms with van der Waals surface area (Å²) in [6.07, 6.45) is 0. The van der Waals surface area contributed by atoms with Gasteiger partial charge >= 0.3 is 0 Å². The van der Waals surface area contributed by atoms with Gasteiger partial charge in [0.25, 0.3) is 11.2 Å². The Morgan fingerprint density at radius 3 is 2.20 bits per heavy atom. The molecule has 106 valence electrons. The molecule has 0 aliphatic heterocycles. The molecule has 1 aromatic carbocycles. The van der Waals surface area contributed by atoms with Crippen LogP contribution < -0.4 is 11.3 Å². The molecule has 0 bridgehead atoms. The number of nitrogens with zero attached hydrogens (tertiary/aromatic N) is 3. The lowest BCUT2D eigenvalue weighted by atomic mass is 10.1. The molecule has 2 N–H and O–H groups in total. The molecular formula is C13H16N4O3. The normalized spacial score (nSPS) is 11.0. The van der Waals surface area contributed by atoms with Gasteiger partial charge in [-0.05, 0) is 18.1 Å². The van der Waals surface area contributed by atoms with Crippen molar-refractivity contribution in [1.82, 2.24) is 9.36 Å². The predicted octanol–water partition coefficient (Wildman–Crippen LogP) is 1.79. The van der Waals surface area contributed by atoms with Crippen LogP contribution in [0.5, 0.6) is 0 Å². The fraction of sp³-hybridized carbons (Fsp3) is 0.308. The van der Waals surface area contributed by atoms with E-state index in [1.807, 2.05) is 13.8 Å². The number of non-ortho nitro benzene ring substituents is 1. The molecule has 0 radical (unpaired) electrons. The molecular weight excluding hydrogens is 260 g/mol. The lowest BCUT2D eigenvalue weighted by molar-refractivity contribution is -0.384. The van der Waals surface area contributed by atoms with E-state index in [1.54, 1.807) is 11.7 Å². The van der Waals surface area contributed by atoms with Gasteiger partial charge in [0, 0.05) is 19.2 Å². The Morgan fingerprint density at radius 1 is 1.25 bits per heavy atom. The maximum atomic E-state index is 12.2. The third kappa shape index (κ3) is 2.07. The van der Waals surface area contributed by atoms with E-state index in [1.165, 1.54) is 28.9 Å². The first-order valence-corrected chi connectivity index (χ1v) is 6.16. The van der Waals surface area contributed by atoms with Gasteiger partial charge in [0.15, 0.2) is 0 Å². The number of rotatable bonds is 3. The SMILES string of the molecule is CC(C)c1c(N)c(=O)n(-c2ccc([N+](=O)[O-])cc2)n1C. The summed E-state index contributed by atoms with van der Waals surface area (Å²) in [5.74, 6) is 0.104. The fourth-order valence-corrected chi connectivity index (χ4v) is 2.33. The molecule has 1 heterocycles. The van der Waals surface area contributed by atoms with Gasteiger partial charge in [-0.15, -0.1) is 0 Å². The summed E-state index contributed by atoms with van der Waals surface area (Å²) in [5, 5.41) is 10.6. The predicted molar refractivity (Wildman–Crippen MR) is 76.2 cm³/mol. The van der Waals surface area contributed by atoms with Gasteiger partial charge in [0.2, 0.25) is 0 Å². The minimum Gasteiger partial charge on any atom is -0.393 e. The van der Waals surface area contributed by atoms with Gasteiger partial charge in [0.1, 0.15) is 5.69 Å². The average Bonchev–Trinajstić information content (AvgIpc) is 2.60. The van der Waals surface area contributed by atoms with Gasteiger partial charge in [0.05, 0.1) is 16.3 Å². The number of nitrogens with two attached hydrogens (primary N) is 1. The number of anilines is 1. The molecule has 0 spiro atoms. The van der Waals surface area contributed by atoms with E-state index < -0.39 is 4.92 Å². The van der Waals surface area contributed by atoms with Crippen LogP contribution in [0, 0.1) is 10.1 Å². The van der Waals surface area contributed by atoms with Crippen LogP contribution in [0.3, 0.4) is 0 Å². The van der Waals surface area contributed by atoms with Gasteiger partial charge in [-0.3, -0.25) is 19.6 Å². The Kier molecular flexibility index (Phi) is 3.35. The van der Waals surface area contributed by atoms with Crippen molar-refractivity contribution in [1.29, 1.82) is 0 Å². The molecule has 0 saturated carbocycles. The van der Waals surface area contributed by atoms with Crippen molar-refractivity contribution < 1.29 is 4.92 Å². The summed E-state index contributed by atoms with van der Waals surface area (Å²) in [5.41, 5.74) is 7.02. The van der Waals surface area contributed by atoms with E-state index in [0.29, 0.717) is 5.69 Å². The highest BCUT2D eigenvalue weighted by molar-refractivity contribution is 5.48. The molecule has 7 heteroatoms. The lowest BCUT2D eigenvalue weighted by Gasteiger charge is -2.11. The highest BCUT2D eigenvalue weighted by atomic mass is 16.6. The highest BCUT2D eigenvalue weighted by Crippen LogP contribution is 2.21. The Bertz CT molecular complexity index is 710. The fourth-order valence-electron chi connectivity index (χ4n) is 2.33. The first kappa shape index (κ1) is 13.9. The van der Waals surface area contributed by atoms with E-state index in [9.17, 15) is 14.9 Å². The Morgan fingerprint density at radius 2 is 1.80 bits per heavy atom. The van der Waals surface area contributed by atoms with E-state index in [2.05, 4.69) is 0 Å². The molecule has 0 fully saturated rings. The van der Waals surface area contributed by atoms with Crippen LogP contribution in [0.4, 0.5) is 11.4 Å². The molecule has 0 saturated heterocycles. The monoisotopic (exact) mass is 276 g/mol. The van der Waals surface area contributed by atoms with Crippen molar-refractivity contribution >= 4 is 11.4 Å². The topological polar surface area (TPSA) is 96.1 Å². The summed E-state index contributed by atoms with van der Waals surface area (Å²) < 4.78 is 3.10. The van der Waals surface area contributed by atoms with Crippen LogP contribution in [-0.2, 0) is 7.05 Å². The van der Waals surface area contributed by atoms with Crippen LogP contribution >= 0.6 is 0 Å². The van der Waals surface area contributed by atoms with E-state index >= 15 is 0 Å². The molecule has 20 heavy (non-hydrogen) atoms. The maximum Gasteiger partial charge on any atom is 0.294 e. The number of hydrogen-bond donors (Lipinski definition) is 1. The quantitative estimate of drug-likeness (QED) is 0.682. The maximum absolute atomic E-state index is 12.2. The van der Waals surface area contributed by atoms with Gasteiger partial charge in [-0.1, -0.05) is 13.8 Å². The van der Waals surface area contributed by atoms with Gasteiger partial charge in [-0.2, -0.15) is 0 Å². The molecule has 0 amide bonds. The second kappa shape index (κ2) is 4.84. The standard InChI is InChI=1S/C13H16N4O3/c1-8(2)12-11(14)13(18)16(15(12)3)9-4-6-10(7-5-9)17(19)20/h4-8H,14H2,1-3H3. The van der Waals surface area contributed by atoms with Crippen molar-refractivity contribution in [3.05, 3.63) is 50.4 Å². The van der Waals surface area contributed by atoms with E-state index in [-0.39, 0.29) is 22.9 Å². The summed E-state index contributed by atoms with van der Waals surface area (Å²) in [7, 11) is 1.74. The minimum absolute atomic E-state index is 0.0203. The number of nitro groups is 1. The molecule has 0 atom stereocenters. The summed E-state index contributed by atoms with van der Waals surface area (Å²) >= 11 is 0. The Hall–Kier alpha value is -2.57. The molecule has 2 aromatic rings. The third-order valence-corrected chi connectivity index (χ3v) is 3.20. The number of nitrogen functional groups attached to an aromatic ring is 1. The second-order valence-electron chi connectivity index (χ2n) is 4.87. The first-order valence-electron chi connectivity index (χ1n) is 6.16. The number of hydrogen-bond acceptors (Lipinski definition) is 4. The van der Waals surface area contributed by atoms with Crippen molar-refractivity contribution in [2.45, 2.75) is 19.8 Å². The van der Waals surface area contributed by atoms with Crippen molar-refractivity contribution in [2.24, 2.45) is 7.05 Å². The zero-order valence-electron chi connectivity index (χ0n) is 11.5. The smallest absolute Gasteiger partial charge is 0.294 e. The van der Waals surface area contributed by atoms with Crippen LogP contribution in [0.2, 0.25) is 0 Å². The zero-order valence-corrected chi connectivity index (χ0v) is 11.5. The van der Waals surface area contributed by atoms with Crippen molar-refractivity contribution in [2.75, 3.05) is 5.73 Å².